The van der Waals surface area contributed by atoms with Crippen LogP contribution in [0, 0.1) is 5.41 Å². The third-order valence-electron chi connectivity index (χ3n) is 5.72. The van der Waals surface area contributed by atoms with Crippen molar-refractivity contribution in [1.29, 1.82) is 5.41 Å². The van der Waals surface area contributed by atoms with Crippen LogP contribution >= 0.6 is 12.1 Å². The van der Waals surface area contributed by atoms with Crippen LogP contribution in [0.3, 0.4) is 0 Å². The highest BCUT2D eigenvalue weighted by atomic mass is 32.2. The molecule has 1 aromatic heterocycles. The highest BCUT2D eigenvalue weighted by molar-refractivity contribution is 7.96. The predicted molar refractivity (Wildman–Crippen MR) is 152 cm³/mol. The van der Waals surface area contributed by atoms with Gasteiger partial charge in [-0.2, -0.15) is 5.10 Å². The van der Waals surface area contributed by atoms with Gasteiger partial charge in [0.25, 0.3) is 0 Å². The minimum Gasteiger partial charge on any atom is -0.406 e. The van der Waals surface area contributed by atoms with Crippen molar-refractivity contribution in [2.45, 2.75) is 26.1 Å². The number of carbonyl (C=O) groups excluding carboxylic acids is 1. The number of aromatic nitrogens is 2. The molecule has 0 bridgehead atoms. The molecule has 208 valence electrons. The lowest BCUT2D eigenvalue weighted by atomic mass is 10.0. The molecule has 4 aromatic rings. The van der Waals surface area contributed by atoms with Crippen LogP contribution in [-0.4, -0.2) is 34.2 Å². The van der Waals surface area contributed by atoms with Crippen molar-refractivity contribution in [1.82, 2.24) is 14.5 Å². The van der Waals surface area contributed by atoms with Crippen LogP contribution in [0.15, 0.2) is 71.1 Å². The standard InChI is InChI=1S/C27H26F3N7O2S/c1-16(2)20-6-4-5-7-22(20)33-26(38)36-40-32-15-17-8-13-21-23(14-17)37(3)35-25(21)34-24(31)18-9-11-19(12-10-18)39-27(28,29)30/h4-16H,1-3H3,(H2,31,34,35)(H2,33,36,38)/b32-15+. The first-order valence-corrected chi connectivity index (χ1v) is 12.8. The second kappa shape index (κ2) is 12.1. The zero-order valence-electron chi connectivity index (χ0n) is 21.7. The molecule has 0 spiro atoms. The molecule has 40 heavy (non-hydrogen) atoms. The van der Waals surface area contributed by atoms with Crippen LogP contribution in [0.4, 0.5) is 29.5 Å². The van der Waals surface area contributed by atoms with Gasteiger partial charge in [-0.15, -0.1) is 13.2 Å². The summed E-state index contributed by atoms with van der Waals surface area (Å²) in [6.07, 6.45) is -3.19. The van der Waals surface area contributed by atoms with Gasteiger partial charge in [0.1, 0.15) is 11.6 Å². The Balaban J connectivity index is 1.36. The summed E-state index contributed by atoms with van der Waals surface area (Å²) in [5.41, 5.74) is 3.66. The van der Waals surface area contributed by atoms with Crippen molar-refractivity contribution >= 4 is 52.6 Å². The van der Waals surface area contributed by atoms with E-state index >= 15 is 0 Å². The molecule has 0 aliphatic heterocycles. The molecule has 3 aromatic carbocycles. The van der Waals surface area contributed by atoms with E-state index in [2.05, 4.69) is 43.4 Å². The molecular weight excluding hydrogens is 543 g/mol. The molecular formula is C27H26F3N7O2S. The maximum Gasteiger partial charge on any atom is 0.573 e. The fraction of sp³-hybridized carbons (Fsp3) is 0.185. The Kier molecular flexibility index (Phi) is 8.63. The molecule has 2 amide bonds. The fourth-order valence-corrected chi connectivity index (χ4v) is 4.24. The Hall–Kier alpha value is -4.52. The maximum absolute atomic E-state index is 12.4. The van der Waals surface area contributed by atoms with E-state index in [1.54, 1.807) is 17.9 Å². The number of rotatable bonds is 8. The molecule has 0 aliphatic rings. The third kappa shape index (κ3) is 7.32. The van der Waals surface area contributed by atoms with Crippen LogP contribution in [0.25, 0.3) is 10.9 Å². The van der Waals surface area contributed by atoms with E-state index in [0.717, 1.165) is 52.0 Å². The number of nitrogens with zero attached hydrogens (tertiary/aromatic N) is 3. The summed E-state index contributed by atoms with van der Waals surface area (Å²) < 4.78 is 49.5. The number of halogens is 3. The number of urea groups is 1. The number of alkyl halides is 3. The van der Waals surface area contributed by atoms with Gasteiger partial charge in [0.2, 0.25) is 0 Å². The van der Waals surface area contributed by atoms with Gasteiger partial charge < -0.3 is 15.4 Å². The Morgan fingerprint density at radius 1 is 1.10 bits per heavy atom. The van der Waals surface area contributed by atoms with Gasteiger partial charge in [-0.1, -0.05) is 38.1 Å². The molecule has 0 unspecified atom stereocenters. The lowest BCUT2D eigenvalue weighted by Gasteiger charge is -2.13. The summed E-state index contributed by atoms with van der Waals surface area (Å²) in [4.78, 5) is 12.3. The van der Waals surface area contributed by atoms with Crippen molar-refractivity contribution < 1.29 is 22.7 Å². The number of anilines is 2. The Morgan fingerprint density at radius 2 is 1.82 bits per heavy atom. The van der Waals surface area contributed by atoms with Gasteiger partial charge in [0, 0.05) is 29.9 Å². The first-order valence-electron chi connectivity index (χ1n) is 12.0. The second-order valence-corrected chi connectivity index (χ2v) is 9.54. The minimum atomic E-state index is -4.78. The number of amidine groups is 1. The van der Waals surface area contributed by atoms with Crippen LogP contribution in [0.2, 0.25) is 0 Å². The number of para-hydroxylation sites is 1. The summed E-state index contributed by atoms with van der Waals surface area (Å²) in [5, 5.41) is 19.2. The Labute approximate surface area is 232 Å². The predicted octanol–water partition coefficient (Wildman–Crippen LogP) is 6.84. The molecule has 13 heteroatoms. The highest BCUT2D eigenvalue weighted by Gasteiger charge is 2.31. The van der Waals surface area contributed by atoms with Crippen LogP contribution < -0.4 is 20.1 Å². The van der Waals surface area contributed by atoms with Crippen molar-refractivity contribution in [2.75, 3.05) is 10.6 Å². The molecule has 4 rings (SSSR count). The molecule has 0 atom stereocenters. The van der Waals surface area contributed by atoms with Crippen molar-refractivity contribution in [2.24, 2.45) is 11.4 Å². The summed E-state index contributed by atoms with van der Waals surface area (Å²) in [6, 6.07) is 17.7. The van der Waals surface area contributed by atoms with Gasteiger partial charge in [0.05, 0.1) is 17.7 Å². The third-order valence-corrected chi connectivity index (χ3v) is 6.21. The molecule has 0 fully saturated rings. The van der Waals surface area contributed by atoms with Gasteiger partial charge in [0.15, 0.2) is 5.82 Å². The SMILES string of the molecule is CC(C)c1ccccc1NC(=O)NS/N=C/c1ccc2c(NC(=N)c3ccc(OC(F)(F)F)cc3)nn(C)c2c1. The lowest BCUT2D eigenvalue weighted by molar-refractivity contribution is -0.274. The van der Waals surface area contributed by atoms with Gasteiger partial charge >= 0.3 is 12.4 Å². The largest absolute Gasteiger partial charge is 0.573 e. The number of benzene rings is 3. The van der Waals surface area contributed by atoms with E-state index in [1.165, 1.54) is 12.1 Å². The lowest BCUT2D eigenvalue weighted by Crippen LogP contribution is -2.23. The number of ether oxygens (including phenoxy) is 1. The van der Waals surface area contributed by atoms with Crippen LogP contribution in [-0.2, 0) is 7.05 Å². The van der Waals surface area contributed by atoms with E-state index in [4.69, 9.17) is 5.41 Å². The number of fused-ring (bicyclic) bond motifs is 1. The van der Waals surface area contributed by atoms with E-state index < -0.39 is 12.4 Å². The van der Waals surface area contributed by atoms with E-state index in [9.17, 15) is 18.0 Å². The number of amides is 2. The highest BCUT2D eigenvalue weighted by Crippen LogP contribution is 2.26. The molecule has 0 radical (unpaired) electrons. The smallest absolute Gasteiger partial charge is 0.406 e. The van der Waals surface area contributed by atoms with Crippen LogP contribution in [0.5, 0.6) is 5.75 Å². The number of hydrogen-bond donors (Lipinski definition) is 4. The normalized spacial score (nSPS) is 11.7. The molecule has 1 heterocycles. The number of nitrogens with one attached hydrogen (secondary N) is 4. The summed E-state index contributed by atoms with van der Waals surface area (Å²) in [7, 11) is 1.75. The zero-order chi connectivity index (χ0) is 28.9. The number of carbonyl (C=O) groups is 1. The molecule has 0 saturated carbocycles. The quantitative estimate of drug-likeness (QED) is 0.105. The number of hydrogen-bond acceptors (Lipinski definition) is 6. The van der Waals surface area contributed by atoms with Crippen LogP contribution in [0.1, 0.15) is 36.5 Å². The minimum absolute atomic E-state index is 0.0408. The molecule has 4 N–H and O–H groups in total. The van der Waals surface area contributed by atoms with Gasteiger partial charge in [-0.3, -0.25) is 14.8 Å². The monoisotopic (exact) mass is 569 g/mol. The fourth-order valence-electron chi connectivity index (χ4n) is 3.88. The van der Waals surface area contributed by atoms with E-state index in [1.807, 2.05) is 42.5 Å². The van der Waals surface area contributed by atoms with Crippen molar-refractivity contribution in [3.63, 3.8) is 0 Å². The Morgan fingerprint density at radius 3 is 2.52 bits per heavy atom. The Bertz CT molecular complexity index is 1550. The van der Waals surface area contributed by atoms with E-state index in [0.29, 0.717) is 11.4 Å². The summed E-state index contributed by atoms with van der Waals surface area (Å²) in [6.45, 7) is 4.11. The van der Waals surface area contributed by atoms with Gasteiger partial charge in [-0.25, -0.2) is 9.19 Å². The summed E-state index contributed by atoms with van der Waals surface area (Å²) in [5.74, 6) is 0.266. The molecule has 9 nitrogen and oxygen atoms in total. The average Bonchev–Trinajstić information content (AvgIpc) is 3.20. The molecule has 0 saturated heterocycles. The van der Waals surface area contributed by atoms with Crippen molar-refractivity contribution in [3.8, 4) is 5.75 Å². The molecule has 0 aliphatic carbocycles. The zero-order valence-corrected chi connectivity index (χ0v) is 22.5. The summed E-state index contributed by atoms with van der Waals surface area (Å²) >= 11 is 0.888. The average molecular weight is 570 g/mol. The van der Waals surface area contributed by atoms with E-state index in [-0.39, 0.29) is 17.5 Å². The first-order chi connectivity index (χ1) is 19.0. The topological polar surface area (TPSA) is 116 Å². The van der Waals surface area contributed by atoms with Gasteiger partial charge in [-0.05, 0) is 59.5 Å². The second-order valence-electron chi connectivity index (χ2n) is 8.94. The maximum atomic E-state index is 12.4. The first kappa shape index (κ1) is 28.5. The van der Waals surface area contributed by atoms with Crippen molar-refractivity contribution in [3.05, 3.63) is 83.4 Å². The number of aryl methyl sites for hydroxylation is 1.